The number of rotatable bonds is 5. The average molecular weight is 460 g/mol. The molecule has 8 heteroatoms. The van der Waals surface area contributed by atoms with Crippen molar-refractivity contribution in [3.05, 3.63) is 26.2 Å². The largest absolute Gasteiger partial charge is 0.490 e. The highest BCUT2D eigenvalue weighted by Crippen LogP contribution is 2.36. The van der Waals surface area contributed by atoms with E-state index < -0.39 is 0 Å². The van der Waals surface area contributed by atoms with Crippen molar-refractivity contribution in [2.75, 3.05) is 13.2 Å². The van der Waals surface area contributed by atoms with E-state index in [-0.39, 0.29) is 11.8 Å². The lowest BCUT2D eigenvalue weighted by molar-refractivity contribution is -0.117. The number of ether oxygens (including phenoxy) is 2. The molecule has 128 valence electrons. The number of benzene rings is 1. The molecule has 1 N–H and O–H groups in total. The van der Waals surface area contributed by atoms with E-state index in [0.717, 1.165) is 20.9 Å². The summed E-state index contributed by atoms with van der Waals surface area (Å²) in [7, 11) is 0. The monoisotopic (exact) mass is 460 g/mol. The van der Waals surface area contributed by atoms with Gasteiger partial charge in [-0.3, -0.25) is 9.59 Å². The summed E-state index contributed by atoms with van der Waals surface area (Å²) in [6.45, 7) is 6.24. The van der Waals surface area contributed by atoms with Crippen LogP contribution in [0.15, 0.2) is 22.0 Å². The number of hydrogen-bond donors (Lipinski definition) is 1. The fourth-order valence-electron chi connectivity index (χ4n) is 1.98. The molecule has 0 spiro atoms. The molecule has 0 saturated carbocycles. The Hall–Kier alpha value is -1.55. The number of carbonyl (C=O) groups excluding carboxylic acids is 2. The van der Waals surface area contributed by atoms with Crippen molar-refractivity contribution < 1.29 is 19.1 Å². The third-order valence-corrected chi connectivity index (χ3v) is 4.52. The van der Waals surface area contributed by atoms with Crippen molar-refractivity contribution in [1.82, 2.24) is 5.32 Å². The van der Waals surface area contributed by atoms with Crippen LogP contribution in [0.25, 0.3) is 6.08 Å². The predicted octanol–water partition coefficient (Wildman–Crippen LogP) is 3.20. The minimum Gasteiger partial charge on any atom is -0.490 e. The van der Waals surface area contributed by atoms with Gasteiger partial charge < -0.3 is 14.8 Å². The van der Waals surface area contributed by atoms with Crippen molar-refractivity contribution in [2.24, 2.45) is 4.99 Å². The van der Waals surface area contributed by atoms with Crippen LogP contribution in [0.5, 0.6) is 11.5 Å². The molecule has 0 saturated heterocycles. The SMILES string of the molecule is CCOc1cc(/C=C2\SC(NC(C)=O)=NC2=O)cc(I)c1OCC. The summed E-state index contributed by atoms with van der Waals surface area (Å²) in [5.41, 5.74) is 0.807. The van der Waals surface area contributed by atoms with Crippen LogP contribution in [-0.4, -0.2) is 30.2 Å². The van der Waals surface area contributed by atoms with Gasteiger partial charge in [0, 0.05) is 6.92 Å². The zero-order valence-electron chi connectivity index (χ0n) is 13.5. The number of amides is 2. The predicted molar refractivity (Wildman–Crippen MR) is 103 cm³/mol. The van der Waals surface area contributed by atoms with E-state index in [2.05, 4.69) is 32.9 Å². The lowest BCUT2D eigenvalue weighted by Crippen LogP contribution is -2.23. The second-order valence-corrected chi connectivity index (χ2v) is 6.90. The zero-order valence-corrected chi connectivity index (χ0v) is 16.5. The Labute approximate surface area is 158 Å². The van der Waals surface area contributed by atoms with Gasteiger partial charge in [-0.1, -0.05) is 0 Å². The van der Waals surface area contributed by atoms with Gasteiger partial charge in [0.2, 0.25) is 5.91 Å². The van der Waals surface area contributed by atoms with E-state index in [0.29, 0.717) is 34.8 Å². The number of halogens is 1. The Morgan fingerprint density at radius 2 is 2.04 bits per heavy atom. The first-order valence-corrected chi connectivity index (χ1v) is 9.23. The first kappa shape index (κ1) is 18.8. The maximum Gasteiger partial charge on any atom is 0.286 e. The van der Waals surface area contributed by atoms with Gasteiger partial charge in [-0.25, -0.2) is 0 Å². The minimum absolute atomic E-state index is 0.260. The van der Waals surface area contributed by atoms with Crippen LogP contribution < -0.4 is 14.8 Å². The van der Waals surface area contributed by atoms with Gasteiger partial charge in [0.15, 0.2) is 16.7 Å². The normalized spacial score (nSPS) is 15.4. The Bertz CT molecular complexity index is 731. The fraction of sp³-hybridized carbons (Fsp3) is 0.312. The summed E-state index contributed by atoms with van der Waals surface area (Å²) in [4.78, 5) is 27.3. The van der Waals surface area contributed by atoms with Gasteiger partial charge in [0.25, 0.3) is 5.91 Å². The summed E-state index contributed by atoms with van der Waals surface area (Å²) in [6, 6.07) is 3.74. The second kappa shape index (κ2) is 8.52. The first-order chi connectivity index (χ1) is 11.4. The van der Waals surface area contributed by atoms with Gasteiger partial charge >= 0.3 is 0 Å². The van der Waals surface area contributed by atoms with Crippen LogP contribution in [0.2, 0.25) is 0 Å². The number of nitrogens with zero attached hydrogens (tertiary/aromatic N) is 1. The van der Waals surface area contributed by atoms with E-state index in [1.165, 1.54) is 6.92 Å². The van der Waals surface area contributed by atoms with Crippen LogP contribution in [0.1, 0.15) is 26.3 Å². The third kappa shape index (κ3) is 4.73. The van der Waals surface area contributed by atoms with Crippen molar-refractivity contribution in [2.45, 2.75) is 20.8 Å². The van der Waals surface area contributed by atoms with Crippen LogP contribution >= 0.6 is 34.4 Å². The van der Waals surface area contributed by atoms with E-state index in [9.17, 15) is 9.59 Å². The molecule has 0 radical (unpaired) electrons. The number of thioether (sulfide) groups is 1. The number of aliphatic imine (C=N–C) groups is 1. The number of nitrogens with one attached hydrogen (secondary N) is 1. The molecule has 0 aromatic heterocycles. The standard InChI is InChI=1S/C16H17IN2O4S/c1-4-22-12-7-10(6-11(17)14(12)23-5-2)8-13-15(21)19-16(24-13)18-9(3)20/h6-8H,4-5H2,1-3H3,(H,18,19,20,21)/b13-8-. The highest BCUT2D eigenvalue weighted by molar-refractivity contribution is 14.1. The van der Waals surface area contributed by atoms with E-state index in [4.69, 9.17) is 9.47 Å². The quantitative estimate of drug-likeness (QED) is 0.540. The maximum atomic E-state index is 11.9. The van der Waals surface area contributed by atoms with Crippen molar-refractivity contribution in [3.8, 4) is 11.5 Å². The van der Waals surface area contributed by atoms with Crippen molar-refractivity contribution in [3.63, 3.8) is 0 Å². The highest BCUT2D eigenvalue weighted by atomic mass is 127. The molecule has 6 nitrogen and oxygen atoms in total. The van der Waals surface area contributed by atoms with Crippen LogP contribution in [0, 0.1) is 3.57 Å². The molecular formula is C16H17IN2O4S. The van der Waals surface area contributed by atoms with Crippen molar-refractivity contribution >= 4 is 57.4 Å². The van der Waals surface area contributed by atoms with Crippen LogP contribution in [-0.2, 0) is 9.59 Å². The molecule has 1 aliphatic heterocycles. The van der Waals surface area contributed by atoms with E-state index in [1.807, 2.05) is 26.0 Å². The molecule has 0 unspecified atom stereocenters. The molecule has 0 atom stereocenters. The average Bonchev–Trinajstić information content (AvgIpc) is 2.82. The summed E-state index contributed by atoms with van der Waals surface area (Å²) in [6.07, 6.45) is 1.73. The van der Waals surface area contributed by atoms with Gasteiger partial charge in [-0.15, -0.1) is 0 Å². The molecule has 0 fully saturated rings. The molecule has 0 bridgehead atoms. The lowest BCUT2D eigenvalue weighted by Gasteiger charge is -2.13. The number of hydrogen-bond acceptors (Lipinski definition) is 5. The Kier molecular flexibility index (Phi) is 6.67. The topological polar surface area (TPSA) is 77.0 Å². The first-order valence-electron chi connectivity index (χ1n) is 7.33. The molecule has 1 aliphatic rings. The molecule has 2 rings (SSSR count). The fourth-order valence-corrected chi connectivity index (χ4v) is 3.62. The summed E-state index contributed by atoms with van der Waals surface area (Å²) < 4.78 is 12.2. The molecule has 2 amide bonds. The maximum absolute atomic E-state index is 11.9. The smallest absolute Gasteiger partial charge is 0.286 e. The Morgan fingerprint density at radius 1 is 1.33 bits per heavy atom. The second-order valence-electron chi connectivity index (χ2n) is 4.71. The van der Waals surface area contributed by atoms with E-state index >= 15 is 0 Å². The van der Waals surface area contributed by atoms with Crippen LogP contribution in [0.4, 0.5) is 0 Å². The van der Waals surface area contributed by atoms with E-state index in [1.54, 1.807) is 6.08 Å². The molecular weight excluding hydrogens is 443 g/mol. The lowest BCUT2D eigenvalue weighted by atomic mass is 10.2. The molecule has 1 aromatic rings. The highest BCUT2D eigenvalue weighted by Gasteiger charge is 2.23. The molecule has 0 aliphatic carbocycles. The van der Waals surface area contributed by atoms with Gasteiger partial charge in [-0.2, -0.15) is 4.99 Å². The van der Waals surface area contributed by atoms with Gasteiger partial charge in [0.1, 0.15) is 0 Å². The van der Waals surface area contributed by atoms with Gasteiger partial charge in [-0.05, 0) is 72.0 Å². The Morgan fingerprint density at radius 3 is 2.67 bits per heavy atom. The summed E-state index contributed by atoms with van der Waals surface area (Å²) in [5.74, 6) is 0.703. The molecule has 24 heavy (non-hydrogen) atoms. The van der Waals surface area contributed by atoms with Gasteiger partial charge in [0.05, 0.1) is 21.7 Å². The summed E-state index contributed by atoms with van der Waals surface area (Å²) in [5, 5.41) is 2.82. The van der Waals surface area contributed by atoms with Crippen LogP contribution in [0.3, 0.4) is 0 Å². The minimum atomic E-state index is -0.370. The third-order valence-electron chi connectivity index (χ3n) is 2.82. The Balaban J connectivity index is 2.30. The summed E-state index contributed by atoms with van der Waals surface area (Å²) >= 11 is 3.31. The zero-order chi connectivity index (χ0) is 17.7. The molecule has 1 aromatic carbocycles. The van der Waals surface area contributed by atoms with Crippen molar-refractivity contribution in [1.29, 1.82) is 0 Å². The molecule has 1 heterocycles. The number of amidine groups is 1. The number of carbonyl (C=O) groups is 2.